The molecule has 0 heterocycles. The number of hydrogen-bond acceptors (Lipinski definition) is 6. The number of amides is 1. The molecule has 0 saturated heterocycles. The Morgan fingerprint density at radius 3 is 2.42 bits per heavy atom. The number of nitrogens with zero attached hydrogens (tertiary/aromatic N) is 2. The van der Waals surface area contributed by atoms with Gasteiger partial charge in [0.1, 0.15) is 5.75 Å². The average molecular weight is 357 g/mol. The minimum Gasteiger partial charge on any atom is -0.494 e. The lowest BCUT2D eigenvalue weighted by atomic mass is 10.1. The molecule has 136 valence electrons. The van der Waals surface area contributed by atoms with Gasteiger partial charge in [-0.05, 0) is 50.2 Å². The minimum atomic E-state index is -0.534. The maximum atomic E-state index is 12.1. The van der Waals surface area contributed by atoms with Crippen LogP contribution in [0.1, 0.15) is 29.8 Å². The summed E-state index contributed by atoms with van der Waals surface area (Å²) in [4.78, 5) is 22.7. The maximum absolute atomic E-state index is 12.1. The van der Waals surface area contributed by atoms with Gasteiger partial charge in [0.05, 0.1) is 24.4 Å². The van der Waals surface area contributed by atoms with Gasteiger partial charge in [-0.25, -0.2) is 5.43 Å². The zero-order chi connectivity index (χ0) is 19.1. The molecule has 0 spiro atoms. The van der Waals surface area contributed by atoms with Gasteiger partial charge in [0.2, 0.25) is 0 Å². The Balaban J connectivity index is 2.13. The van der Waals surface area contributed by atoms with Crippen molar-refractivity contribution in [2.45, 2.75) is 13.8 Å². The van der Waals surface area contributed by atoms with E-state index in [1.54, 1.807) is 37.3 Å². The van der Waals surface area contributed by atoms with Crippen LogP contribution in [0.3, 0.4) is 0 Å². The first-order valence-electron chi connectivity index (χ1n) is 7.86. The predicted octanol–water partition coefficient (Wildman–Crippen LogP) is 3.16. The van der Waals surface area contributed by atoms with Gasteiger partial charge in [-0.15, -0.1) is 0 Å². The highest BCUT2D eigenvalue weighted by molar-refractivity contribution is 6.01. The smallest absolute Gasteiger partial charge is 0.311 e. The first kappa shape index (κ1) is 18.9. The summed E-state index contributed by atoms with van der Waals surface area (Å²) in [7, 11) is 1.36. The van der Waals surface area contributed by atoms with Crippen LogP contribution in [0, 0.1) is 10.1 Å². The second-order valence-electron chi connectivity index (χ2n) is 5.24. The van der Waals surface area contributed by atoms with Crippen molar-refractivity contribution in [2.75, 3.05) is 13.7 Å². The standard InChI is InChI=1S/C18H19N3O5/c1-4-26-15-8-5-13(6-9-15)18(22)20-19-12(2)14-7-10-17(25-3)16(11-14)21(23)24/h5-11H,4H2,1-3H3,(H,20,22)/b19-12+. The molecule has 0 radical (unpaired) electrons. The third-order valence-electron chi connectivity index (χ3n) is 3.55. The molecule has 1 N–H and O–H groups in total. The third kappa shape index (κ3) is 4.56. The first-order valence-corrected chi connectivity index (χ1v) is 7.86. The lowest BCUT2D eigenvalue weighted by molar-refractivity contribution is -0.385. The van der Waals surface area contributed by atoms with Crippen LogP contribution in [-0.4, -0.2) is 30.3 Å². The zero-order valence-corrected chi connectivity index (χ0v) is 14.7. The van der Waals surface area contributed by atoms with Crippen molar-refractivity contribution in [1.29, 1.82) is 0 Å². The van der Waals surface area contributed by atoms with Gasteiger partial charge in [-0.1, -0.05) is 0 Å². The molecule has 0 aliphatic heterocycles. The molecule has 8 heteroatoms. The van der Waals surface area contributed by atoms with E-state index in [1.165, 1.54) is 19.2 Å². The van der Waals surface area contributed by atoms with E-state index in [9.17, 15) is 14.9 Å². The van der Waals surface area contributed by atoms with Crippen molar-refractivity contribution in [2.24, 2.45) is 5.10 Å². The average Bonchev–Trinajstić information content (AvgIpc) is 2.66. The van der Waals surface area contributed by atoms with E-state index in [1.807, 2.05) is 6.92 Å². The van der Waals surface area contributed by atoms with Crippen molar-refractivity contribution in [3.05, 3.63) is 63.7 Å². The molecule has 2 aromatic carbocycles. The van der Waals surface area contributed by atoms with Gasteiger partial charge in [0.15, 0.2) is 5.75 Å². The van der Waals surface area contributed by atoms with Crippen LogP contribution in [0.25, 0.3) is 0 Å². The van der Waals surface area contributed by atoms with Crippen molar-refractivity contribution in [3.8, 4) is 11.5 Å². The van der Waals surface area contributed by atoms with E-state index in [2.05, 4.69) is 10.5 Å². The summed E-state index contributed by atoms with van der Waals surface area (Å²) in [5, 5.41) is 15.1. The molecule has 0 fully saturated rings. The van der Waals surface area contributed by atoms with Gasteiger partial charge >= 0.3 is 5.69 Å². The van der Waals surface area contributed by atoms with Crippen LogP contribution >= 0.6 is 0 Å². The van der Waals surface area contributed by atoms with Crippen molar-refractivity contribution >= 4 is 17.3 Å². The van der Waals surface area contributed by atoms with Crippen LogP contribution in [-0.2, 0) is 0 Å². The molecule has 0 unspecified atom stereocenters. The summed E-state index contributed by atoms with van der Waals surface area (Å²) in [6.07, 6.45) is 0. The van der Waals surface area contributed by atoms with Crippen LogP contribution in [0.4, 0.5) is 5.69 Å². The SMILES string of the molecule is CCOc1ccc(C(=O)N/N=C(\C)c2ccc(OC)c([N+](=O)[O-])c2)cc1. The van der Waals surface area contributed by atoms with Crippen molar-refractivity contribution in [1.82, 2.24) is 5.43 Å². The maximum Gasteiger partial charge on any atom is 0.311 e. The second-order valence-corrected chi connectivity index (χ2v) is 5.24. The minimum absolute atomic E-state index is 0.157. The monoisotopic (exact) mass is 357 g/mol. The largest absolute Gasteiger partial charge is 0.494 e. The number of benzene rings is 2. The summed E-state index contributed by atoms with van der Waals surface area (Å²) in [5.74, 6) is 0.439. The van der Waals surface area contributed by atoms with Crippen molar-refractivity contribution in [3.63, 3.8) is 0 Å². The Hall–Kier alpha value is -3.42. The molecule has 8 nitrogen and oxygen atoms in total. The molecule has 0 aliphatic carbocycles. The molecule has 2 aromatic rings. The van der Waals surface area contributed by atoms with Gasteiger partial charge in [0, 0.05) is 17.2 Å². The fraction of sp³-hybridized carbons (Fsp3) is 0.222. The third-order valence-corrected chi connectivity index (χ3v) is 3.55. The summed E-state index contributed by atoms with van der Waals surface area (Å²) < 4.78 is 10.3. The number of rotatable bonds is 7. The van der Waals surface area contributed by atoms with Gasteiger partial charge in [-0.2, -0.15) is 5.10 Å². The number of carbonyl (C=O) groups is 1. The van der Waals surface area contributed by atoms with Crippen LogP contribution in [0.2, 0.25) is 0 Å². The topological polar surface area (TPSA) is 103 Å². The van der Waals surface area contributed by atoms with Crippen LogP contribution in [0.15, 0.2) is 47.6 Å². The zero-order valence-electron chi connectivity index (χ0n) is 14.7. The normalized spacial score (nSPS) is 11.0. The summed E-state index contributed by atoms with van der Waals surface area (Å²) in [6.45, 7) is 4.06. The highest BCUT2D eigenvalue weighted by Crippen LogP contribution is 2.27. The molecule has 2 rings (SSSR count). The summed E-state index contributed by atoms with van der Waals surface area (Å²) >= 11 is 0. The highest BCUT2D eigenvalue weighted by atomic mass is 16.6. The molecule has 26 heavy (non-hydrogen) atoms. The molecule has 0 aliphatic rings. The van der Waals surface area contributed by atoms with E-state index in [0.717, 1.165) is 0 Å². The van der Waals surface area contributed by atoms with E-state index in [4.69, 9.17) is 9.47 Å². The van der Waals surface area contributed by atoms with Crippen LogP contribution < -0.4 is 14.9 Å². The van der Waals surface area contributed by atoms with E-state index >= 15 is 0 Å². The molecule has 0 atom stereocenters. The summed E-state index contributed by atoms with van der Waals surface area (Å²) in [5.41, 5.74) is 3.62. The molecule has 1 amide bonds. The van der Waals surface area contributed by atoms with E-state index in [0.29, 0.717) is 29.2 Å². The Morgan fingerprint density at radius 1 is 1.19 bits per heavy atom. The summed E-state index contributed by atoms with van der Waals surface area (Å²) in [6, 6.07) is 11.1. The highest BCUT2D eigenvalue weighted by Gasteiger charge is 2.16. The number of hydrazone groups is 1. The lowest BCUT2D eigenvalue weighted by Gasteiger charge is -2.06. The van der Waals surface area contributed by atoms with Crippen molar-refractivity contribution < 1.29 is 19.2 Å². The molecular formula is C18H19N3O5. The first-order chi connectivity index (χ1) is 12.5. The van der Waals surface area contributed by atoms with Crippen LogP contribution in [0.5, 0.6) is 11.5 Å². The fourth-order valence-corrected chi connectivity index (χ4v) is 2.19. The molecule has 0 saturated carbocycles. The number of ether oxygens (including phenoxy) is 2. The number of hydrogen-bond donors (Lipinski definition) is 1. The lowest BCUT2D eigenvalue weighted by Crippen LogP contribution is -2.19. The molecule has 0 aromatic heterocycles. The Kier molecular flexibility index (Phi) is 6.26. The molecular weight excluding hydrogens is 338 g/mol. The predicted molar refractivity (Wildman–Crippen MR) is 96.9 cm³/mol. The number of nitro groups is 1. The van der Waals surface area contributed by atoms with Gasteiger partial charge < -0.3 is 9.47 Å². The fourth-order valence-electron chi connectivity index (χ4n) is 2.19. The Bertz CT molecular complexity index is 831. The van der Waals surface area contributed by atoms with E-state index < -0.39 is 10.8 Å². The number of methoxy groups -OCH3 is 1. The van der Waals surface area contributed by atoms with E-state index in [-0.39, 0.29) is 11.4 Å². The molecule has 0 bridgehead atoms. The Morgan fingerprint density at radius 2 is 1.85 bits per heavy atom. The van der Waals surface area contributed by atoms with Gasteiger partial charge in [0.25, 0.3) is 5.91 Å². The number of nitro benzene ring substituents is 1. The quantitative estimate of drug-likeness (QED) is 0.466. The Labute approximate surface area is 150 Å². The van der Waals surface area contributed by atoms with Gasteiger partial charge in [-0.3, -0.25) is 14.9 Å². The number of nitrogens with one attached hydrogen (secondary N) is 1. The second kappa shape index (κ2) is 8.61. The number of carbonyl (C=O) groups excluding carboxylic acids is 1.